The molecule has 1 aliphatic heterocycles. The maximum absolute atomic E-state index is 12.6. The average Bonchev–Trinajstić information content (AvgIpc) is 3.18. The van der Waals surface area contributed by atoms with Crippen LogP contribution in [0, 0.1) is 0 Å². The van der Waals surface area contributed by atoms with Crippen molar-refractivity contribution in [3.63, 3.8) is 0 Å². The zero-order valence-corrected chi connectivity index (χ0v) is 16.5. The Labute approximate surface area is 172 Å². The maximum Gasteiger partial charge on any atom is 0.261 e. The second-order valence-electron chi connectivity index (χ2n) is 7.23. The zero-order valence-electron chi connectivity index (χ0n) is 15.7. The van der Waals surface area contributed by atoms with Gasteiger partial charge >= 0.3 is 0 Å². The molecule has 3 aromatic carbocycles. The molecular weight excluding hydrogens is 384 g/mol. The molecule has 5 heteroatoms. The average molecular weight is 401 g/mol. The first-order chi connectivity index (χ1) is 14.0. The number of aromatic nitrogens is 1. The lowest BCUT2D eigenvalue weighted by Gasteiger charge is -2.14. The molecule has 4 aromatic rings. The van der Waals surface area contributed by atoms with Crippen molar-refractivity contribution in [3.8, 4) is 11.3 Å². The van der Waals surface area contributed by atoms with Gasteiger partial charge in [0.25, 0.3) is 11.8 Å². The number of hydrogen-bond donors (Lipinski definition) is 0. The van der Waals surface area contributed by atoms with Gasteiger partial charge in [-0.15, -0.1) is 0 Å². The van der Waals surface area contributed by atoms with Gasteiger partial charge in [-0.1, -0.05) is 41.9 Å². The molecule has 1 aromatic heterocycles. The van der Waals surface area contributed by atoms with Gasteiger partial charge in [-0.3, -0.25) is 14.5 Å². The largest absolute Gasteiger partial charge is 0.344 e. The summed E-state index contributed by atoms with van der Waals surface area (Å²) in [6, 6.07) is 22.9. The number of halogens is 1. The van der Waals surface area contributed by atoms with E-state index in [-0.39, 0.29) is 18.4 Å². The molecule has 142 valence electrons. The number of benzene rings is 3. The molecule has 4 nitrogen and oxygen atoms in total. The van der Waals surface area contributed by atoms with E-state index in [2.05, 4.69) is 10.6 Å². The Bertz CT molecular complexity index is 1250. The van der Waals surface area contributed by atoms with Crippen molar-refractivity contribution in [2.24, 2.45) is 7.05 Å². The molecule has 0 atom stereocenters. The van der Waals surface area contributed by atoms with Crippen molar-refractivity contribution in [1.29, 1.82) is 0 Å². The number of aryl methyl sites for hydroxylation is 1. The minimum absolute atomic E-state index is 0.236. The number of hydrogen-bond acceptors (Lipinski definition) is 2. The second-order valence-corrected chi connectivity index (χ2v) is 7.67. The summed E-state index contributed by atoms with van der Waals surface area (Å²) in [6.07, 6.45) is 0. The van der Waals surface area contributed by atoms with Gasteiger partial charge in [0.2, 0.25) is 0 Å². The maximum atomic E-state index is 12.6. The fraction of sp³-hybridized carbons (Fsp3) is 0.0833. The molecule has 0 N–H and O–H groups in total. The normalized spacial score (nSPS) is 13.4. The Hall–Kier alpha value is -3.37. The number of imide groups is 1. The highest BCUT2D eigenvalue weighted by Crippen LogP contribution is 2.30. The molecule has 0 fully saturated rings. The Morgan fingerprint density at radius 2 is 1.48 bits per heavy atom. The van der Waals surface area contributed by atoms with Gasteiger partial charge in [0.15, 0.2) is 0 Å². The van der Waals surface area contributed by atoms with Gasteiger partial charge in [0.05, 0.1) is 17.7 Å². The summed E-state index contributed by atoms with van der Waals surface area (Å²) >= 11 is 6.01. The van der Waals surface area contributed by atoms with Crippen LogP contribution in [0.1, 0.15) is 26.3 Å². The quantitative estimate of drug-likeness (QED) is 0.438. The summed E-state index contributed by atoms with van der Waals surface area (Å²) in [5, 5.41) is 1.77. The highest BCUT2D eigenvalue weighted by atomic mass is 35.5. The molecule has 29 heavy (non-hydrogen) atoms. The molecule has 0 saturated carbocycles. The first kappa shape index (κ1) is 17.7. The molecule has 0 saturated heterocycles. The molecule has 0 bridgehead atoms. The number of rotatable bonds is 3. The molecule has 0 aliphatic carbocycles. The van der Waals surface area contributed by atoms with Gasteiger partial charge < -0.3 is 4.57 Å². The fourth-order valence-corrected chi connectivity index (χ4v) is 4.09. The number of carbonyl (C=O) groups is 2. The lowest BCUT2D eigenvalue weighted by Crippen LogP contribution is -2.29. The van der Waals surface area contributed by atoms with Crippen LogP contribution in [-0.4, -0.2) is 21.3 Å². The summed E-state index contributed by atoms with van der Waals surface area (Å²) in [4.78, 5) is 26.6. The van der Waals surface area contributed by atoms with Crippen molar-refractivity contribution in [3.05, 3.63) is 94.5 Å². The van der Waals surface area contributed by atoms with E-state index in [0.29, 0.717) is 16.1 Å². The number of fused-ring (bicyclic) bond motifs is 2. The first-order valence-electron chi connectivity index (χ1n) is 9.32. The second kappa shape index (κ2) is 6.61. The third-order valence-corrected chi connectivity index (χ3v) is 5.72. The van der Waals surface area contributed by atoms with Gasteiger partial charge in [0.1, 0.15) is 0 Å². The summed E-state index contributed by atoms with van der Waals surface area (Å²) in [5.74, 6) is -0.471. The number of amides is 2. The van der Waals surface area contributed by atoms with E-state index in [0.717, 1.165) is 27.7 Å². The van der Waals surface area contributed by atoms with Crippen molar-refractivity contribution < 1.29 is 9.59 Å². The summed E-state index contributed by atoms with van der Waals surface area (Å²) in [7, 11) is 2.02. The lowest BCUT2D eigenvalue weighted by molar-refractivity contribution is 0.0642. The van der Waals surface area contributed by atoms with Crippen molar-refractivity contribution in [2.75, 3.05) is 0 Å². The van der Waals surface area contributed by atoms with E-state index in [4.69, 9.17) is 11.6 Å². The number of nitrogens with zero attached hydrogens (tertiary/aromatic N) is 2. The molecule has 5 rings (SSSR count). The molecule has 0 unspecified atom stereocenters. The highest BCUT2D eigenvalue weighted by molar-refractivity contribution is 6.30. The fourth-order valence-electron chi connectivity index (χ4n) is 3.96. The predicted octanol–water partition coefficient (Wildman–Crippen LogP) is 5.29. The van der Waals surface area contributed by atoms with E-state index >= 15 is 0 Å². The van der Waals surface area contributed by atoms with Crippen molar-refractivity contribution in [1.82, 2.24) is 9.47 Å². The van der Waals surface area contributed by atoms with Gasteiger partial charge in [-0.25, -0.2) is 0 Å². The first-order valence-corrected chi connectivity index (χ1v) is 9.70. The van der Waals surface area contributed by atoms with Gasteiger partial charge in [0, 0.05) is 28.7 Å². The monoisotopic (exact) mass is 400 g/mol. The highest BCUT2D eigenvalue weighted by Gasteiger charge is 2.34. The minimum atomic E-state index is -0.236. The molecule has 2 heterocycles. The topological polar surface area (TPSA) is 42.3 Å². The Morgan fingerprint density at radius 3 is 2.14 bits per heavy atom. The molecule has 1 aliphatic rings. The van der Waals surface area contributed by atoms with Gasteiger partial charge in [-0.2, -0.15) is 0 Å². The predicted molar refractivity (Wildman–Crippen MR) is 114 cm³/mol. The molecule has 0 radical (unpaired) electrons. The molecule has 2 amide bonds. The zero-order chi connectivity index (χ0) is 20.1. The van der Waals surface area contributed by atoms with Crippen LogP contribution in [-0.2, 0) is 13.6 Å². The van der Waals surface area contributed by atoms with Crippen LogP contribution in [0.25, 0.3) is 22.2 Å². The summed E-state index contributed by atoms with van der Waals surface area (Å²) in [6.45, 7) is 0.257. The van der Waals surface area contributed by atoms with E-state index in [9.17, 15) is 9.59 Å². The summed E-state index contributed by atoms with van der Waals surface area (Å²) < 4.78 is 2.13. The van der Waals surface area contributed by atoms with E-state index in [1.165, 1.54) is 4.90 Å². The Balaban J connectivity index is 1.49. The van der Waals surface area contributed by atoms with E-state index in [1.54, 1.807) is 24.3 Å². The third kappa shape index (κ3) is 2.84. The number of carbonyl (C=O) groups excluding carboxylic acids is 2. The van der Waals surface area contributed by atoms with Crippen LogP contribution in [0.2, 0.25) is 5.02 Å². The Kier molecular flexibility index (Phi) is 4.03. The van der Waals surface area contributed by atoms with Crippen LogP contribution in [0.5, 0.6) is 0 Å². The molecule has 0 spiro atoms. The summed E-state index contributed by atoms with van der Waals surface area (Å²) in [5.41, 5.74) is 5.11. The van der Waals surface area contributed by atoms with Crippen LogP contribution in [0.15, 0.2) is 72.8 Å². The van der Waals surface area contributed by atoms with Crippen molar-refractivity contribution >= 4 is 34.3 Å². The Morgan fingerprint density at radius 1 is 0.828 bits per heavy atom. The van der Waals surface area contributed by atoms with Crippen molar-refractivity contribution in [2.45, 2.75) is 6.54 Å². The van der Waals surface area contributed by atoms with E-state index < -0.39 is 0 Å². The van der Waals surface area contributed by atoms with E-state index in [1.807, 2.05) is 49.5 Å². The third-order valence-electron chi connectivity index (χ3n) is 5.47. The lowest BCUT2D eigenvalue weighted by atomic mass is 10.1. The molecular formula is C24H17ClN2O2. The smallest absolute Gasteiger partial charge is 0.261 e. The van der Waals surface area contributed by atoms with Gasteiger partial charge in [-0.05, 0) is 53.6 Å². The van der Waals surface area contributed by atoms with Crippen LogP contribution in [0.4, 0.5) is 0 Å². The van der Waals surface area contributed by atoms with Crippen LogP contribution in [0.3, 0.4) is 0 Å². The SMILES string of the molecule is Cn1c(-c2ccc(Cl)cc2)cc2cc(CN3C(=O)c4ccccc4C3=O)ccc21. The van der Waals surface area contributed by atoms with Crippen LogP contribution < -0.4 is 0 Å². The standard InChI is InChI=1S/C24H17ClN2O2/c1-26-21-11-6-15(12-17(21)13-22(26)16-7-9-18(25)10-8-16)14-27-23(28)19-4-2-3-5-20(19)24(27)29/h2-13H,14H2,1H3. The minimum Gasteiger partial charge on any atom is -0.344 e. The van der Waals surface area contributed by atoms with Crippen LogP contribution >= 0.6 is 11.6 Å².